The number of fused-ring (bicyclic) bond motifs is 2. The minimum Gasteiger partial charge on any atom is -0.369 e. The Balaban J connectivity index is 1.71. The summed E-state index contributed by atoms with van der Waals surface area (Å²) in [5.74, 6) is -0.396. The third-order valence-electron chi connectivity index (χ3n) is 5.57. The number of halogens is 1. The molecule has 156 valence electrons. The van der Waals surface area contributed by atoms with Crippen LogP contribution in [-0.2, 0) is 9.53 Å². The average Bonchev–Trinajstić information content (AvgIpc) is 2.77. The molecular formula is C21H22ClN5O3. The first-order chi connectivity index (χ1) is 14.5. The van der Waals surface area contributed by atoms with Gasteiger partial charge in [-0.25, -0.2) is 15.0 Å². The number of carbonyl (C=O) groups is 2. The molecule has 2 saturated heterocycles. The van der Waals surface area contributed by atoms with Gasteiger partial charge in [-0.1, -0.05) is 18.2 Å². The predicted octanol–water partition coefficient (Wildman–Crippen LogP) is 2.56. The summed E-state index contributed by atoms with van der Waals surface area (Å²) in [5, 5.41) is 2.82. The molecule has 2 amide bonds. The Morgan fingerprint density at radius 3 is 2.87 bits per heavy atom. The number of amides is 2. The van der Waals surface area contributed by atoms with Gasteiger partial charge >= 0.3 is 0 Å². The molecular weight excluding hydrogens is 406 g/mol. The van der Waals surface area contributed by atoms with Crippen molar-refractivity contribution in [1.29, 1.82) is 0 Å². The minimum absolute atomic E-state index is 0.0688. The monoisotopic (exact) mass is 427 g/mol. The molecule has 9 heteroatoms. The highest BCUT2D eigenvalue weighted by atomic mass is 35.5. The number of morpholine rings is 1. The van der Waals surface area contributed by atoms with Crippen LogP contribution in [0.15, 0.2) is 37.2 Å². The summed E-state index contributed by atoms with van der Waals surface area (Å²) in [7, 11) is 1.54. The fourth-order valence-corrected chi connectivity index (χ4v) is 4.44. The van der Waals surface area contributed by atoms with Crippen LogP contribution < -0.4 is 5.32 Å². The van der Waals surface area contributed by atoms with Crippen molar-refractivity contribution in [2.24, 2.45) is 0 Å². The molecule has 1 N–H and O–H groups in total. The van der Waals surface area contributed by atoms with Crippen LogP contribution in [0.5, 0.6) is 0 Å². The number of hydrogen-bond donors (Lipinski definition) is 1. The van der Waals surface area contributed by atoms with Gasteiger partial charge in [-0.15, -0.1) is 0 Å². The van der Waals surface area contributed by atoms with Gasteiger partial charge in [0.2, 0.25) is 5.91 Å². The SMILES string of the molecule is C=CC(=O)N1[C@@H]2CCC[C@H]1[C@H](c1cc(Cl)nc(-c3cc(C(=O)NC)ncn3)c1)OC2. The summed E-state index contributed by atoms with van der Waals surface area (Å²) < 4.78 is 6.17. The van der Waals surface area contributed by atoms with E-state index in [1.165, 1.54) is 19.5 Å². The molecule has 2 aliphatic heterocycles. The van der Waals surface area contributed by atoms with Gasteiger partial charge in [0.1, 0.15) is 23.3 Å². The van der Waals surface area contributed by atoms with E-state index in [2.05, 4.69) is 26.8 Å². The Hall–Kier alpha value is -2.84. The molecule has 2 aromatic heterocycles. The lowest BCUT2D eigenvalue weighted by Gasteiger charge is -2.49. The summed E-state index contributed by atoms with van der Waals surface area (Å²) in [6.07, 6.45) is 5.14. The van der Waals surface area contributed by atoms with Gasteiger partial charge in [0, 0.05) is 7.05 Å². The summed E-state index contributed by atoms with van der Waals surface area (Å²) in [6, 6.07) is 5.13. The summed E-state index contributed by atoms with van der Waals surface area (Å²) in [6.45, 7) is 4.11. The number of carbonyl (C=O) groups excluding carboxylic acids is 2. The van der Waals surface area contributed by atoms with Gasteiger partial charge in [0.15, 0.2) is 0 Å². The molecule has 0 radical (unpaired) electrons. The maximum atomic E-state index is 12.5. The van der Waals surface area contributed by atoms with Crippen molar-refractivity contribution >= 4 is 23.4 Å². The zero-order valence-corrected chi connectivity index (χ0v) is 17.3. The van der Waals surface area contributed by atoms with Crippen molar-refractivity contribution in [2.45, 2.75) is 37.5 Å². The maximum Gasteiger partial charge on any atom is 0.269 e. The van der Waals surface area contributed by atoms with E-state index < -0.39 is 0 Å². The van der Waals surface area contributed by atoms with E-state index >= 15 is 0 Å². The second-order valence-electron chi connectivity index (χ2n) is 7.33. The molecule has 0 spiro atoms. The normalized spacial score (nSPS) is 23.0. The lowest BCUT2D eigenvalue weighted by molar-refractivity contribution is -0.158. The molecule has 2 bridgehead atoms. The number of piperidine rings is 1. The Labute approximate surface area is 179 Å². The predicted molar refractivity (Wildman–Crippen MR) is 111 cm³/mol. The van der Waals surface area contributed by atoms with Crippen LogP contribution in [0.25, 0.3) is 11.4 Å². The molecule has 0 aliphatic carbocycles. The lowest BCUT2D eigenvalue weighted by Crippen LogP contribution is -2.57. The van der Waals surface area contributed by atoms with Crippen molar-refractivity contribution in [3.05, 3.63) is 53.6 Å². The number of aromatic nitrogens is 3. The van der Waals surface area contributed by atoms with E-state index in [-0.39, 0.29) is 40.8 Å². The van der Waals surface area contributed by atoms with Gasteiger partial charge < -0.3 is 15.0 Å². The first-order valence-electron chi connectivity index (χ1n) is 9.80. The largest absolute Gasteiger partial charge is 0.369 e. The highest BCUT2D eigenvalue weighted by Gasteiger charge is 2.43. The summed E-state index contributed by atoms with van der Waals surface area (Å²) >= 11 is 6.32. The number of ether oxygens (including phenoxy) is 1. The highest BCUT2D eigenvalue weighted by molar-refractivity contribution is 6.29. The first-order valence-corrected chi connectivity index (χ1v) is 10.2. The van der Waals surface area contributed by atoms with Crippen LogP contribution in [-0.4, -0.2) is 57.4 Å². The van der Waals surface area contributed by atoms with Crippen molar-refractivity contribution in [1.82, 2.24) is 25.2 Å². The standard InChI is InChI=1S/C21H22ClN5O3/c1-3-19(28)27-13-5-4-6-17(27)20(30-10-13)12-7-15(26-18(22)8-12)14-9-16(21(29)23-2)25-11-24-14/h3,7-9,11,13,17,20H,1,4-6,10H2,2H3,(H,23,29)/t13-,17+,20+/m1/s1. The van der Waals surface area contributed by atoms with E-state index in [1.807, 2.05) is 11.0 Å². The van der Waals surface area contributed by atoms with Crippen LogP contribution in [0.3, 0.4) is 0 Å². The molecule has 2 fully saturated rings. The molecule has 4 heterocycles. The third-order valence-corrected chi connectivity index (χ3v) is 5.76. The number of nitrogens with one attached hydrogen (secondary N) is 1. The Morgan fingerprint density at radius 2 is 2.10 bits per heavy atom. The molecule has 0 aromatic carbocycles. The van der Waals surface area contributed by atoms with Gasteiger partial charge in [0.05, 0.1) is 30.1 Å². The molecule has 0 saturated carbocycles. The van der Waals surface area contributed by atoms with Crippen LogP contribution in [0.4, 0.5) is 0 Å². The lowest BCUT2D eigenvalue weighted by atomic mass is 9.87. The Bertz CT molecular complexity index is 998. The van der Waals surface area contributed by atoms with E-state index in [4.69, 9.17) is 16.3 Å². The number of rotatable bonds is 4. The fraction of sp³-hybridized carbons (Fsp3) is 0.381. The van der Waals surface area contributed by atoms with E-state index in [9.17, 15) is 9.59 Å². The molecule has 30 heavy (non-hydrogen) atoms. The Kier molecular flexibility index (Phi) is 5.78. The van der Waals surface area contributed by atoms with Crippen molar-refractivity contribution < 1.29 is 14.3 Å². The maximum absolute atomic E-state index is 12.5. The molecule has 3 atom stereocenters. The minimum atomic E-state index is -0.329. The van der Waals surface area contributed by atoms with E-state index in [0.29, 0.717) is 18.0 Å². The number of pyridine rings is 1. The number of hydrogen-bond acceptors (Lipinski definition) is 6. The second-order valence-corrected chi connectivity index (χ2v) is 7.72. The zero-order valence-electron chi connectivity index (χ0n) is 16.5. The van der Waals surface area contributed by atoms with Gasteiger partial charge in [-0.3, -0.25) is 9.59 Å². The molecule has 2 aliphatic rings. The quantitative estimate of drug-likeness (QED) is 0.595. The molecule has 8 nitrogen and oxygen atoms in total. The topological polar surface area (TPSA) is 97.3 Å². The van der Waals surface area contributed by atoms with Crippen LogP contribution in [0.2, 0.25) is 5.15 Å². The Morgan fingerprint density at radius 1 is 1.27 bits per heavy atom. The van der Waals surface area contributed by atoms with Crippen LogP contribution in [0.1, 0.15) is 41.4 Å². The number of nitrogens with zero attached hydrogens (tertiary/aromatic N) is 4. The van der Waals surface area contributed by atoms with Gasteiger partial charge in [-0.05, 0) is 49.1 Å². The molecule has 4 rings (SSSR count). The zero-order chi connectivity index (χ0) is 21.3. The molecule has 2 aromatic rings. The first kappa shape index (κ1) is 20.4. The summed E-state index contributed by atoms with van der Waals surface area (Å²) in [5.41, 5.74) is 2.03. The van der Waals surface area contributed by atoms with Crippen molar-refractivity contribution in [3.8, 4) is 11.4 Å². The third kappa shape index (κ3) is 3.80. The smallest absolute Gasteiger partial charge is 0.269 e. The van der Waals surface area contributed by atoms with Crippen molar-refractivity contribution in [3.63, 3.8) is 0 Å². The summed E-state index contributed by atoms with van der Waals surface area (Å²) in [4.78, 5) is 38.9. The fourth-order valence-electron chi connectivity index (χ4n) is 4.23. The second kappa shape index (κ2) is 8.49. The highest BCUT2D eigenvalue weighted by Crippen LogP contribution is 2.40. The van der Waals surface area contributed by atoms with Crippen LogP contribution in [0, 0.1) is 0 Å². The van der Waals surface area contributed by atoms with E-state index in [0.717, 1.165) is 24.8 Å². The van der Waals surface area contributed by atoms with Gasteiger partial charge in [-0.2, -0.15) is 0 Å². The molecule has 0 unspecified atom stereocenters. The van der Waals surface area contributed by atoms with E-state index in [1.54, 1.807) is 12.1 Å². The van der Waals surface area contributed by atoms with Crippen LogP contribution >= 0.6 is 11.6 Å². The van der Waals surface area contributed by atoms with Gasteiger partial charge in [0.25, 0.3) is 5.91 Å². The van der Waals surface area contributed by atoms with Crippen molar-refractivity contribution in [2.75, 3.05) is 13.7 Å². The average molecular weight is 428 g/mol.